The van der Waals surface area contributed by atoms with Crippen molar-refractivity contribution in [1.29, 1.82) is 0 Å². The summed E-state index contributed by atoms with van der Waals surface area (Å²) in [7, 11) is 0. The van der Waals surface area contributed by atoms with Gasteiger partial charge in [0.15, 0.2) is 6.04 Å². The summed E-state index contributed by atoms with van der Waals surface area (Å²) in [6.45, 7) is 0. The fourth-order valence-electron chi connectivity index (χ4n) is 3.20. The number of amides is 2. The summed E-state index contributed by atoms with van der Waals surface area (Å²) < 4.78 is 13.1. The van der Waals surface area contributed by atoms with Crippen molar-refractivity contribution in [3.63, 3.8) is 0 Å². The van der Waals surface area contributed by atoms with Gasteiger partial charge in [0, 0.05) is 10.9 Å². The molecule has 0 unspecified atom stereocenters. The fourth-order valence-corrected chi connectivity index (χ4v) is 3.20. The van der Waals surface area contributed by atoms with Gasteiger partial charge in [-0.05, 0) is 35.9 Å². The number of benzene rings is 3. The number of hydrogen-bond donors (Lipinski definition) is 3. The average molecular weight is 443 g/mol. The number of carbonyl (C=O) groups excluding carboxylic acids is 2. The molecule has 4 aromatic rings. The first-order chi connectivity index (χ1) is 16.0. The quantitative estimate of drug-likeness (QED) is 0.314. The smallest absolute Gasteiger partial charge is 0.272 e. The molecule has 0 saturated carbocycles. The highest BCUT2D eigenvalue weighted by Crippen LogP contribution is 2.20. The molecule has 0 radical (unpaired) electrons. The molecule has 0 aliphatic rings. The second kappa shape index (κ2) is 9.65. The van der Waals surface area contributed by atoms with Crippen molar-refractivity contribution in [2.45, 2.75) is 6.04 Å². The summed E-state index contributed by atoms with van der Waals surface area (Å²) >= 11 is 0. The van der Waals surface area contributed by atoms with E-state index in [1.165, 1.54) is 30.5 Å². The van der Waals surface area contributed by atoms with Gasteiger partial charge in [-0.1, -0.05) is 48.5 Å². The highest BCUT2D eigenvalue weighted by atomic mass is 19.1. The largest absolute Gasteiger partial charge is 0.335 e. The summed E-state index contributed by atoms with van der Waals surface area (Å²) in [5.74, 6) is -1.58. The van der Waals surface area contributed by atoms with Crippen LogP contribution in [0.5, 0.6) is 0 Å². The van der Waals surface area contributed by atoms with E-state index in [0.29, 0.717) is 21.9 Å². The minimum Gasteiger partial charge on any atom is -0.335 e. The van der Waals surface area contributed by atoms with E-state index in [2.05, 4.69) is 26.0 Å². The number of H-pyrrole nitrogens is 1. The molecule has 0 aliphatic carbocycles. The Hall–Kier alpha value is -4.66. The first kappa shape index (κ1) is 21.6. The van der Waals surface area contributed by atoms with Crippen LogP contribution in [0.2, 0.25) is 0 Å². The van der Waals surface area contributed by atoms with E-state index in [4.69, 9.17) is 0 Å². The molecule has 4 rings (SSSR count). The van der Waals surface area contributed by atoms with E-state index in [9.17, 15) is 18.8 Å². The average Bonchev–Trinajstić information content (AvgIpc) is 2.85. The van der Waals surface area contributed by atoms with Crippen LogP contribution >= 0.6 is 0 Å². The van der Waals surface area contributed by atoms with Crippen LogP contribution in [0.25, 0.3) is 10.8 Å². The van der Waals surface area contributed by atoms with Gasteiger partial charge in [-0.3, -0.25) is 14.4 Å². The Bertz CT molecular complexity index is 1380. The van der Waals surface area contributed by atoms with Crippen LogP contribution in [0.15, 0.2) is 88.8 Å². The lowest BCUT2D eigenvalue weighted by molar-refractivity contribution is -0.123. The molecular weight excluding hydrogens is 425 g/mol. The Kier molecular flexibility index (Phi) is 6.31. The number of rotatable bonds is 6. The van der Waals surface area contributed by atoms with Gasteiger partial charge in [0.2, 0.25) is 0 Å². The van der Waals surface area contributed by atoms with E-state index < -0.39 is 29.2 Å². The molecule has 0 spiro atoms. The monoisotopic (exact) mass is 443 g/mol. The predicted octanol–water partition coefficient (Wildman–Crippen LogP) is 2.68. The Morgan fingerprint density at radius 1 is 0.939 bits per heavy atom. The third kappa shape index (κ3) is 4.99. The summed E-state index contributed by atoms with van der Waals surface area (Å²) in [5, 5.41) is 13.7. The van der Waals surface area contributed by atoms with Crippen LogP contribution in [0.4, 0.5) is 4.39 Å². The maximum atomic E-state index is 13.1. The predicted molar refractivity (Wildman–Crippen MR) is 121 cm³/mol. The molecule has 8 nitrogen and oxygen atoms in total. The number of hydrazone groups is 1. The van der Waals surface area contributed by atoms with Gasteiger partial charge in [0.1, 0.15) is 11.5 Å². The van der Waals surface area contributed by atoms with Crippen molar-refractivity contribution < 1.29 is 14.0 Å². The lowest BCUT2D eigenvalue weighted by Crippen LogP contribution is -2.40. The number of halogens is 1. The van der Waals surface area contributed by atoms with E-state index in [0.717, 1.165) is 0 Å². The molecule has 2 amide bonds. The van der Waals surface area contributed by atoms with Crippen molar-refractivity contribution in [3.05, 3.63) is 112 Å². The van der Waals surface area contributed by atoms with Gasteiger partial charge in [0.05, 0.1) is 11.6 Å². The number of carbonyl (C=O) groups is 2. The Morgan fingerprint density at radius 3 is 2.33 bits per heavy atom. The van der Waals surface area contributed by atoms with Crippen molar-refractivity contribution >= 4 is 28.8 Å². The molecule has 164 valence electrons. The van der Waals surface area contributed by atoms with Gasteiger partial charge >= 0.3 is 0 Å². The van der Waals surface area contributed by atoms with Crippen LogP contribution in [-0.4, -0.2) is 28.2 Å². The Balaban J connectivity index is 1.66. The minimum atomic E-state index is -1.26. The summed E-state index contributed by atoms with van der Waals surface area (Å²) in [6, 6.07) is 19.3. The van der Waals surface area contributed by atoms with Crippen molar-refractivity contribution in [2.75, 3.05) is 0 Å². The molecule has 3 N–H and O–H groups in total. The maximum Gasteiger partial charge on any atom is 0.272 e. The lowest BCUT2D eigenvalue weighted by Gasteiger charge is -2.18. The first-order valence-electron chi connectivity index (χ1n) is 9.94. The van der Waals surface area contributed by atoms with Gasteiger partial charge in [-0.2, -0.15) is 10.2 Å². The van der Waals surface area contributed by atoms with Crippen LogP contribution in [0, 0.1) is 5.82 Å². The lowest BCUT2D eigenvalue weighted by atomic mass is 10.0. The highest BCUT2D eigenvalue weighted by Gasteiger charge is 2.27. The van der Waals surface area contributed by atoms with E-state index in [1.807, 2.05) is 0 Å². The number of aromatic nitrogens is 2. The summed E-state index contributed by atoms with van der Waals surface area (Å²) in [5.41, 5.74) is 3.02. The van der Waals surface area contributed by atoms with Gasteiger partial charge < -0.3 is 5.32 Å². The normalized spacial score (nSPS) is 11.9. The first-order valence-corrected chi connectivity index (χ1v) is 9.94. The van der Waals surface area contributed by atoms with Crippen molar-refractivity contribution in [2.24, 2.45) is 5.10 Å². The van der Waals surface area contributed by atoms with E-state index in [-0.39, 0.29) is 5.69 Å². The maximum absolute atomic E-state index is 13.1. The Morgan fingerprint density at radius 2 is 1.61 bits per heavy atom. The summed E-state index contributed by atoms with van der Waals surface area (Å²) in [6.07, 6.45) is 1.34. The van der Waals surface area contributed by atoms with Crippen LogP contribution < -0.4 is 16.3 Å². The van der Waals surface area contributed by atoms with E-state index >= 15 is 0 Å². The number of nitrogens with zero attached hydrogens (tertiary/aromatic N) is 2. The molecule has 33 heavy (non-hydrogen) atoms. The second-order valence-electron chi connectivity index (χ2n) is 7.04. The van der Waals surface area contributed by atoms with Crippen LogP contribution in [0.3, 0.4) is 0 Å². The number of nitrogens with one attached hydrogen (secondary N) is 3. The topological polar surface area (TPSA) is 116 Å². The highest BCUT2D eigenvalue weighted by molar-refractivity contribution is 5.99. The van der Waals surface area contributed by atoms with Gasteiger partial charge in [0.25, 0.3) is 17.4 Å². The molecule has 0 bridgehead atoms. The molecule has 1 aromatic heterocycles. The molecule has 0 aliphatic heterocycles. The third-order valence-corrected chi connectivity index (χ3v) is 4.83. The van der Waals surface area contributed by atoms with Crippen LogP contribution in [-0.2, 0) is 4.79 Å². The molecular formula is C24H18FN5O3. The molecule has 0 saturated heterocycles. The fraction of sp³-hybridized carbons (Fsp3) is 0.0417. The van der Waals surface area contributed by atoms with Crippen LogP contribution in [0.1, 0.15) is 27.7 Å². The summed E-state index contributed by atoms with van der Waals surface area (Å²) in [4.78, 5) is 38.0. The number of aromatic amines is 1. The zero-order valence-electron chi connectivity index (χ0n) is 17.2. The third-order valence-electron chi connectivity index (χ3n) is 4.83. The number of fused-ring (bicyclic) bond motifs is 1. The van der Waals surface area contributed by atoms with E-state index in [1.54, 1.807) is 54.6 Å². The molecule has 0 fully saturated rings. The molecule has 1 atom stereocenters. The van der Waals surface area contributed by atoms with Crippen molar-refractivity contribution in [1.82, 2.24) is 20.9 Å². The zero-order valence-corrected chi connectivity index (χ0v) is 17.2. The molecule has 1 heterocycles. The molecule has 9 heteroatoms. The number of hydrogen-bond acceptors (Lipinski definition) is 5. The standard InChI is InChI=1S/C24H18FN5O3/c25-17-12-10-15(11-13-17)14-26-29-24(33)21(27-22(31)16-6-2-1-3-7-16)20-18-8-4-5-9-19(18)23(32)30-28-20/h1-14,21H,(H,27,31)(H,29,33)(H,30,32)/b26-14-/t21-/m0/s1. The zero-order chi connectivity index (χ0) is 23.2. The van der Waals surface area contributed by atoms with Gasteiger partial charge in [-0.25, -0.2) is 14.9 Å². The van der Waals surface area contributed by atoms with Gasteiger partial charge in [-0.15, -0.1) is 0 Å². The minimum absolute atomic E-state index is 0.156. The van der Waals surface area contributed by atoms with Crippen molar-refractivity contribution in [3.8, 4) is 0 Å². The Labute approximate surface area is 187 Å². The molecule has 3 aromatic carbocycles. The SMILES string of the molecule is O=C(N[C@H](C(=O)N/N=C\c1ccc(F)cc1)c1n[nH]c(=O)c2ccccc12)c1ccccc1. The second-order valence-corrected chi connectivity index (χ2v) is 7.04.